The summed E-state index contributed by atoms with van der Waals surface area (Å²) in [6, 6.07) is 9.22. The largest absolute Gasteiger partial charge is 0.347 e. The van der Waals surface area contributed by atoms with Crippen molar-refractivity contribution < 1.29 is 14.1 Å². The number of hydrogen-bond acceptors (Lipinski definition) is 5. The molecule has 0 unspecified atom stereocenters. The molecule has 7 heteroatoms. The van der Waals surface area contributed by atoms with Crippen molar-refractivity contribution in [3.05, 3.63) is 47.6 Å². The van der Waals surface area contributed by atoms with Gasteiger partial charge in [0.2, 0.25) is 11.8 Å². The van der Waals surface area contributed by atoms with Gasteiger partial charge in [-0.2, -0.15) is 4.98 Å². The number of benzene rings is 1. The summed E-state index contributed by atoms with van der Waals surface area (Å²) in [5.74, 6) is 0.854. The molecule has 24 heavy (non-hydrogen) atoms. The van der Waals surface area contributed by atoms with Crippen molar-refractivity contribution in [2.45, 2.75) is 26.3 Å². The number of carbonyl (C=O) groups is 2. The Bertz CT molecular complexity index is 706. The summed E-state index contributed by atoms with van der Waals surface area (Å²) in [4.78, 5) is 30.5. The average Bonchev–Trinajstić information content (AvgIpc) is 3.05. The lowest BCUT2D eigenvalue weighted by molar-refractivity contribution is -0.126. The van der Waals surface area contributed by atoms with Gasteiger partial charge in [-0.3, -0.25) is 9.59 Å². The van der Waals surface area contributed by atoms with Gasteiger partial charge >= 0.3 is 0 Å². The van der Waals surface area contributed by atoms with Crippen LogP contribution in [0.3, 0.4) is 0 Å². The van der Waals surface area contributed by atoms with Crippen LogP contribution < -0.4 is 5.32 Å². The number of rotatable bonds is 4. The van der Waals surface area contributed by atoms with E-state index in [9.17, 15) is 9.59 Å². The Kier molecular flexibility index (Phi) is 4.88. The van der Waals surface area contributed by atoms with Crippen molar-refractivity contribution in [2.75, 3.05) is 13.1 Å². The first-order chi connectivity index (χ1) is 11.6. The lowest BCUT2D eigenvalue weighted by Crippen LogP contribution is -2.42. The van der Waals surface area contributed by atoms with Gasteiger partial charge in [0.25, 0.3) is 5.91 Å². The summed E-state index contributed by atoms with van der Waals surface area (Å²) >= 11 is 0. The van der Waals surface area contributed by atoms with Gasteiger partial charge in [-0.1, -0.05) is 23.4 Å². The van der Waals surface area contributed by atoms with Crippen LogP contribution in [0.25, 0.3) is 0 Å². The summed E-state index contributed by atoms with van der Waals surface area (Å²) < 4.78 is 4.97. The number of hydrogen-bond donors (Lipinski definition) is 1. The third-order valence-electron chi connectivity index (χ3n) is 4.16. The molecule has 1 saturated heterocycles. The Hall–Kier alpha value is -2.70. The number of nitrogens with one attached hydrogen (secondary N) is 1. The minimum absolute atomic E-state index is 0.0239. The summed E-state index contributed by atoms with van der Waals surface area (Å²) in [7, 11) is 0. The molecule has 1 aromatic carbocycles. The molecule has 1 aliphatic heterocycles. The predicted molar refractivity (Wildman–Crippen MR) is 86.0 cm³/mol. The molecule has 0 saturated carbocycles. The van der Waals surface area contributed by atoms with Crippen LogP contribution in [-0.4, -0.2) is 39.9 Å². The van der Waals surface area contributed by atoms with E-state index in [1.807, 2.05) is 30.3 Å². The number of piperidine rings is 1. The second-order valence-corrected chi connectivity index (χ2v) is 5.89. The molecule has 0 bridgehead atoms. The van der Waals surface area contributed by atoms with Gasteiger partial charge in [-0.15, -0.1) is 0 Å². The third-order valence-corrected chi connectivity index (χ3v) is 4.16. The van der Waals surface area contributed by atoms with Crippen molar-refractivity contribution in [3.8, 4) is 0 Å². The van der Waals surface area contributed by atoms with E-state index in [4.69, 9.17) is 4.52 Å². The molecule has 0 spiro atoms. The summed E-state index contributed by atoms with van der Waals surface area (Å²) in [5.41, 5.74) is 0.687. The van der Waals surface area contributed by atoms with Crippen LogP contribution in [0, 0.1) is 12.8 Å². The average molecular weight is 328 g/mol. The van der Waals surface area contributed by atoms with E-state index in [0.717, 1.165) is 0 Å². The minimum atomic E-state index is -0.0890. The Labute approximate surface area is 140 Å². The Morgan fingerprint density at radius 3 is 2.58 bits per heavy atom. The maximum atomic E-state index is 12.4. The van der Waals surface area contributed by atoms with Gasteiger partial charge in [0.1, 0.15) is 0 Å². The van der Waals surface area contributed by atoms with Crippen LogP contribution >= 0.6 is 0 Å². The van der Waals surface area contributed by atoms with Crippen molar-refractivity contribution in [2.24, 2.45) is 5.92 Å². The van der Waals surface area contributed by atoms with Crippen LogP contribution in [0.2, 0.25) is 0 Å². The molecule has 1 aromatic heterocycles. The number of amides is 2. The number of carbonyl (C=O) groups excluding carboxylic acids is 2. The smallest absolute Gasteiger partial charge is 0.253 e. The second-order valence-electron chi connectivity index (χ2n) is 5.89. The van der Waals surface area contributed by atoms with E-state index in [1.54, 1.807) is 11.8 Å². The fourth-order valence-electron chi connectivity index (χ4n) is 2.83. The fourth-order valence-corrected chi connectivity index (χ4v) is 2.83. The number of aromatic nitrogens is 2. The third kappa shape index (κ3) is 3.79. The van der Waals surface area contributed by atoms with Crippen LogP contribution in [0.4, 0.5) is 0 Å². The molecular formula is C17H20N4O3. The van der Waals surface area contributed by atoms with Crippen molar-refractivity contribution in [1.29, 1.82) is 0 Å². The topological polar surface area (TPSA) is 88.3 Å². The molecule has 1 fully saturated rings. The monoisotopic (exact) mass is 328 g/mol. The standard InChI is InChI=1S/C17H20N4O3/c1-12-19-15(24-20-12)11-18-16(22)13-7-9-21(10-8-13)17(23)14-5-3-2-4-6-14/h2-6,13H,7-11H2,1H3,(H,18,22). The quantitative estimate of drug-likeness (QED) is 0.920. The lowest BCUT2D eigenvalue weighted by Gasteiger charge is -2.31. The zero-order valence-electron chi connectivity index (χ0n) is 13.6. The van der Waals surface area contributed by atoms with Gasteiger partial charge in [-0.05, 0) is 31.9 Å². The first-order valence-electron chi connectivity index (χ1n) is 8.04. The van der Waals surface area contributed by atoms with Crippen molar-refractivity contribution in [3.63, 3.8) is 0 Å². The predicted octanol–water partition coefficient (Wildman–Crippen LogP) is 1.55. The fraction of sp³-hybridized carbons (Fsp3) is 0.412. The van der Waals surface area contributed by atoms with E-state index in [0.29, 0.717) is 43.2 Å². The molecule has 2 heterocycles. The van der Waals surface area contributed by atoms with Crippen LogP contribution in [0.15, 0.2) is 34.9 Å². The van der Waals surface area contributed by atoms with Gasteiger partial charge in [0.15, 0.2) is 5.82 Å². The van der Waals surface area contributed by atoms with Gasteiger partial charge < -0.3 is 14.7 Å². The number of likely N-dealkylation sites (tertiary alicyclic amines) is 1. The van der Waals surface area contributed by atoms with Gasteiger partial charge in [0.05, 0.1) is 6.54 Å². The van der Waals surface area contributed by atoms with Gasteiger partial charge in [-0.25, -0.2) is 0 Å². The summed E-state index contributed by atoms with van der Waals surface area (Å²) in [6.45, 7) is 3.15. The molecule has 2 aromatic rings. The highest BCUT2D eigenvalue weighted by molar-refractivity contribution is 5.94. The molecule has 1 N–H and O–H groups in total. The second kappa shape index (κ2) is 7.25. The Morgan fingerprint density at radius 2 is 1.96 bits per heavy atom. The van der Waals surface area contributed by atoms with Crippen molar-refractivity contribution in [1.82, 2.24) is 20.4 Å². The molecule has 2 amide bonds. The highest BCUT2D eigenvalue weighted by Crippen LogP contribution is 2.19. The number of aryl methyl sites for hydroxylation is 1. The normalized spacial score (nSPS) is 15.3. The molecule has 126 valence electrons. The zero-order valence-corrected chi connectivity index (χ0v) is 13.6. The number of nitrogens with zero attached hydrogens (tertiary/aromatic N) is 3. The van der Waals surface area contributed by atoms with E-state index in [-0.39, 0.29) is 24.3 Å². The van der Waals surface area contributed by atoms with Crippen LogP contribution in [-0.2, 0) is 11.3 Å². The van der Waals surface area contributed by atoms with E-state index in [2.05, 4.69) is 15.5 Å². The Morgan fingerprint density at radius 1 is 1.25 bits per heavy atom. The van der Waals surface area contributed by atoms with Crippen LogP contribution in [0.1, 0.15) is 34.9 Å². The first kappa shape index (κ1) is 16.2. The molecule has 7 nitrogen and oxygen atoms in total. The maximum absolute atomic E-state index is 12.4. The molecule has 1 aliphatic rings. The van der Waals surface area contributed by atoms with E-state index >= 15 is 0 Å². The molecule has 0 radical (unpaired) electrons. The van der Waals surface area contributed by atoms with Crippen molar-refractivity contribution >= 4 is 11.8 Å². The van der Waals surface area contributed by atoms with Crippen LogP contribution in [0.5, 0.6) is 0 Å². The summed E-state index contributed by atoms with van der Waals surface area (Å²) in [6.07, 6.45) is 1.32. The lowest BCUT2D eigenvalue weighted by atomic mass is 9.95. The minimum Gasteiger partial charge on any atom is -0.347 e. The zero-order chi connectivity index (χ0) is 16.9. The molecular weight excluding hydrogens is 308 g/mol. The highest BCUT2D eigenvalue weighted by atomic mass is 16.5. The first-order valence-corrected chi connectivity index (χ1v) is 8.04. The Balaban J connectivity index is 1.47. The molecule has 3 rings (SSSR count). The molecule has 0 atom stereocenters. The maximum Gasteiger partial charge on any atom is 0.253 e. The SMILES string of the molecule is Cc1noc(CNC(=O)C2CCN(C(=O)c3ccccc3)CC2)n1. The molecule has 0 aliphatic carbocycles. The van der Waals surface area contributed by atoms with E-state index in [1.165, 1.54) is 0 Å². The summed E-state index contributed by atoms with van der Waals surface area (Å²) in [5, 5.41) is 6.50. The highest BCUT2D eigenvalue weighted by Gasteiger charge is 2.27. The van der Waals surface area contributed by atoms with Gasteiger partial charge in [0, 0.05) is 24.6 Å². The van der Waals surface area contributed by atoms with E-state index < -0.39 is 0 Å².